The molecule has 0 fully saturated rings. The van der Waals surface area contributed by atoms with Gasteiger partial charge in [-0.05, 0) is 37.6 Å². The molecule has 2 N–H and O–H groups in total. The first-order valence-electron chi connectivity index (χ1n) is 6.23. The minimum Gasteiger partial charge on any atom is -0.508 e. The van der Waals surface area contributed by atoms with Crippen molar-refractivity contribution in [3.05, 3.63) is 29.8 Å². The van der Waals surface area contributed by atoms with Crippen LogP contribution in [0.1, 0.15) is 49.9 Å². The lowest BCUT2D eigenvalue weighted by Crippen LogP contribution is -2.32. The van der Waals surface area contributed by atoms with Gasteiger partial charge >= 0.3 is 0 Å². The highest BCUT2D eigenvalue weighted by atomic mass is 16.3. The lowest BCUT2D eigenvalue weighted by atomic mass is 10.1. The number of nitrogens with one attached hydrogen (secondary N) is 1. The van der Waals surface area contributed by atoms with E-state index in [9.17, 15) is 4.79 Å². The van der Waals surface area contributed by atoms with Crippen molar-refractivity contribution >= 4 is 5.91 Å². The van der Waals surface area contributed by atoms with E-state index >= 15 is 0 Å². The average molecular weight is 235 g/mol. The first-order chi connectivity index (χ1) is 8.13. The van der Waals surface area contributed by atoms with Gasteiger partial charge in [-0.25, -0.2) is 0 Å². The molecule has 1 rings (SSSR count). The first kappa shape index (κ1) is 13.6. The SMILES string of the molecule is CCCCCC(C)NC(=O)c1ccc(O)cc1. The Morgan fingerprint density at radius 1 is 1.29 bits per heavy atom. The van der Waals surface area contributed by atoms with Crippen LogP contribution in [0.4, 0.5) is 0 Å². The Morgan fingerprint density at radius 3 is 2.53 bits per heavy atom. The highest BCUT2D eigenvalue weighted by Gasteiger charge is 2.09. The molecular weight excluding hydrogens is 214 g/mol. The van der Waals surface area contributed by atoms with Crippen molar-refractivity contribution in [2.24, 2.45) is 0 Å². The minimum atomic E-state index is -0.0750. The van der Waals surface area contributed by atoms with E-state index in [4.69, 9.17) is 5.11 Å². The summed E-state index contributed by atoms with van der Waals surface area (Å²) in [7, 11) is 0. The monoisotopic (exact) mass is 235 g/mol. The molecule has 0 aliphatic rings. The third-order valence-electron chi connectivity index (χ3n) is 2.75. The van der Waals surface area contributed by atoms with E-state index in [-0.39, 0.29) is 17.7 Å². The molecule has 1 aromatic rings. The van der Waals surface area contributed by atoms with E-state index in [1.165, 1.54) is 25.0 Å². The number of aromatic hydroxyl groups is 1. The van der Waals surface area contributed by atoms with Gasteiger partial charge in [0.15, 0.2) is 0 Å². The lowest BCUT2D eigenvalue weighted by Gasteiger charge is -2.13. The molecule has 1 aromatic carbocycles. The predicted octanol–water partition coefficient (Wildman–Crippen LogP) is 3.09. The molecule has 0 heterocycles. The third kappa shape index (κ3) is 4.89. The molecule has 17 heavy (non-hydrogen) atoms. The number of carbonyl (C=O) groups excluding carboxylic acids is 1. The van der Waals surface area contributed by atoms with E-state index in [0.29, 0.717) is 5.56 Å². The summed E-state index contributed by atoms with van der Waals surface area (Å²) in [6, 6.07) is 6.50. The molecule has 0 radical (unpaired) electrons. The van der Waals surface area contributed by atoms with Crippen molar-refractivity contribution in [3.8, 4) is 5.75 Å². The molecule has 1 unspecified atom stereocenters. The van der Waals surface area contributed by atoms with Crippen LogP contribution in [0.15, 0.2) is 24.3 Å². The third-order valence-corrected chi connectivity index (χ3v) is 2.75. The second-order valence-corrected chi connectivity index (χ2v) is 4.42. The summed E-state index contributed by atoms with van der Waals surface area (Å²) in [6.07, 6.45) is 4.56. The maximum Gasteiger partial charge on any atom is 0.251 e. The van der Waals surface area contributed by atoms with Crippen molar-refractivity contribution in [2.45, 2.75) is 45.6 Å². The summed E-state index contributed by atoms with van der Waals surface area (Å²) < 4.78 is 0. The molecule has 3 heteroatoms. The molecule has 1 atom stereocenters. The van der Waals surface area contributed by atoms with Gasteiger partial charge in [0.1, 0.15) is 5.75 Å². The van der Waals surface area contributed by atoms with Crippen molar-refractivity contribution in [1.82, 2.24) is 5.32 Å². The topological polar surface area (TPSA) is 49.3 Å². The average Bonchev–Trinajstić information content (AvgIpc) is 2.30. The maximum absolute atomic E-state index is 11.8. The van der Waals surface area contributed by atoms with Gasteiger partial charge < -0.3 is 10.4 Å². The second-order valence-electron chi connectivity index (χ2n) is 4.42. The summed E-state index contributed by atoms with van der Waals surface area (Å²) in [6.45, 7) is 4.19. The van der Waals surface area contributed by atoms with E-state index < -0.39 is 0 Å². The number of carbonyl (C=O) groups is 1. The zero-order chi connectivity index (χ0) is 12.7. The number of rotatable bonds is 6. The summed E-state index contributed by atoms with van der Waals surface area (Å²) in [5, 5.41) is 12.1. The van der Waals surface area contributed by atoms with Gasteiger partial charge in [0.05, 0.1) is 0 Å². The van der Waals surface area contributed by atoms with Gasteiger partial charge in [0.25, 0.3) is 5.91 Å². The van der Waals surface area contributed by atoms with Crippen molar-refractivity contribution in [1.29, 1.82) is 0 Å². The Balaban J connectivity index is 2.40. The van der Waals surface area contributed by atoms with E-state index in [1.807, 2.05) is 6.92 Å². The molecule has 0 bridgehead atoms. The number of unbranched alkanes of at least 4 members (excludes halogenated alkanes) is 2. The Kier molecular flexibility index (Phi) is 5.53. The Morgan fingerprint density at radius 2 is 1.94 bits per heavy atom. The highest BCUT2D eigenvalue weighted by Crippen LogP contribution is 2.10. The zero-order valence-corrected chi connectivity index (χ0v) is 10.6. The van der Waals surface area contributed by atoms with Crippen LogP contribution in [0.3, 0.4) is 0 Å². The Labute approximate surface area is 103 Å². The van der Waals surface area contributed by atoms with E-state index in [2.05, 4.69) is 12.2 Å². The van der Waals surface area contributed by atoms with E-state index in [1.54, 1.807) is 12.1 Å². The molecule has 94 valence electrons. The smallest absolute Gasteiger partial charge is 0.251 e. The predicted molar refractivity (Wildman–Crippen MR) is 69.2 cm³/mol. The number of hydrogen-bond acceptors (Lipinski definition) is 2. The lowest BCUT2D eigenvalue weighted by molar-refractivity contribution is 0.0938. The van der Waals surface area contributed by atoms with E-state index in [0.717, 1.165) is 12.8 Å². The number of hydrogen-bond donors (Lipinski definition) is 2. The standard InChI is InChI=1S/C14H21NO2/c1-3-4-5-6-11(2)15-14(17)12-7-9-13(16)10-8-12/h7-11,16H,3-6H2,1-2H3,(H,15,17). The molecular formula is C14H21NO2. The fraction of sp³-hybridized carbons (Fsp3) is 0.500. The molecule has 0 saturated heterocycles. The number of phenolic OH excluding ortho intramolecular Hbond substituents is 1. The molecule has 3 nitrogen and oxygen atoms in total. The molecule has 0 saturated carbocycles. The second kappa shape index (κ2) is 6.94. The van der Waals surface area contributed by atoms with Gasteiger partial charge in [-0.1, -0.05) is 26.2 Å². The first-order valence-corrected chi connectivity index (χ1v) is 6.23. The van der Waals surface area contributed by atoms with Gasteiger partial charge in [-0.15, -0.1) is 0 Å². The van der Waals surface area contributed by atoms with Crippen LogP contribution in [0.5, 0.6) is 5.75 Å². The largest absolute Gasteiger partial charge is 0.508 e. The highest BCUT2D eigenvalue weighted by molar-refractivity contribution is 5.94. The summed E-state index contributed by atoms with van der Waals surface area (Å²) in [5.41, 5.74) is 0.588. The van der Waals surface area contributed by atoms with Gasteiger partial charge in [0.2, 0.25) is 0 Å². The maximum atomic E-state index is 11.8. The van der Waals surface area contributed by atoms with Crippen LogP contribution in [-0.2, 0) is 0 Å². The molecule has 1 amide bonds. The number of phenols is 1. The molecule has 0 spiro atoms. The van der Waals surface area contributed by atoms with Crippen molar-refractivity contribution in [2.75, 3.05) is 0 Å². The van der Waals surface area contributed by atoms with Gasteiger partial charge in [-0.3, -0.25) is 4.79 Å². The van der Waals surface area contributed by atoms with Crippen LogP contribution < -0.4 is 5.32 Å². The summed E-state index contributed by atoms with van der Waals surface area (Å²) in [5.74, 6) is 0.103. The summed E-state index contributed by atoms with van der Waals surface area (Å²) in [4.78, 5) is 11.8. The van der Waals surface area contributed by atoms with Crippen LogP contribution in [0.25, 0.3) is 0 Å². The Bertz CT molecular complexity index is 346. The van der Waals surface area contributed by atoms with Crippen LogP contribution in [-0.4, -0.2) is 17.1 Å². The normalized spacial score (nSPS) is 12.1. The fourth-order valence-corrected chi connectivity index (χ4v) is 1.69. The molecule has 0 aliphatic carbocycles. The minimum absolute atomic E-state index is 0.0750. The van der Waals surface area contributed by atoms with Crippen molar-refractivity contribution < 1.29 is 9.90 Å². The number of amides is 1. The van der Waals surface area contributed by atoms with Crippen LogP contribution >= 0.6 is 0 Å². The van der Waals surface area contributed by atoms with Gasteiger partial charge in [0, 0.05) is 11.6 Å². The Hall–Kier alpha value is -1.51. The van der Waals surface area contributed by atoms with Gasteiger partial charge in [-0.2, -0.15) is 0 Å². The summed E-state index contributed by atoms with van der Waals surface area (Å²) >= 11 is 0. The van der Waals surface area contributed by atoms with Crippen LogP contribution in [0, 0.1) is 0 Å². The zero-order valence-electron chi connectivity index (χ0n) is 10.6. The van der Waals surface area contributed by atoms with Crippen molar-refractivity contribution in [3.63, 3.8) is 0 Å². The number of benzene rings is 1. The molecule has 0 aromatic heterocycles. The fourth-order valence-electron chi connectivity index (χ4n) is 1.69. The van der Waals surface area contributed by atoms with Crippen LogP contribution in [0.2, 0.25) is 0 Å². The molecule has 0 aliphatic heterocycles. The quantitative estimate of drug-likeness (QED) is 0.744.